The third-order valence-corrected chi connectivity index (χ3v) is 34.8. The van der Waals surface area contributed by atoms with Gasteiger partial charge in [-0.15, -0.1) is 0 Å². The van der Waals surface area contributed by atoms with E-state index in [-0.39, 0.29) is 0 Å². The van der Waals surface area contributed by atoms with Crippen LogP contribution >= 0.6 is 0 Å². The molecule has 0 unspecified atom stereocenters. The van der Waals surface area contributed by atoms with Crippen molar-refractivity contribution in [1.82, 2.24) is 0 Å². The summed E-state index contributed by atoms with van der Waals surface area (Å²) in [7, 11) is 0. The average Bonchev–Trinajstić information content (AvgIpc) is 3.32. The fourth-order valence-electron chi connectivity index (χ4n) is 8.76. The molecule has 0 N–H and O–H groups in total. The number of fused-ring (bicyclic) bond motifs is 2. The molecule has 0 aliphatic heterocycles. The van der Waals surface area contributed by atoms with Gasteiger partial charge in [-0.3, -0.25) is 0 Å². The zero-order valence-electron chi connectivity index (χ0n) is 36.4. The second-order valence-corrected chi connectivity index (χ2v) is 37.7. The summed E-state index contributed by atoms with van der Waals surface area (Å²) in [6, 6.07) is 57.0. The van der Waals surface area contributed by atoms with Gasteiger partial charge in [-0.05, 0) is 0 Å². The molecule has 7 rings (SSSR count). The molecule has 0 atom stereocenters. The van der Waals surface area contributed by atoms with E-state index in [2.05, 4.69) is 233 Å². The normalized spacial score (nSPS) is 12.2. The minimum absolute atomic E-state index is 1.01. The van der Waals surface area contributed by atoms with Gasteiger partial charge < -0.3 is 0 Å². The predicted molar refractivity (Wildman–Crippen MR) is 268 cm³/mol. The van der Waals surface area contributed by atoms with Crippen molar-refractivity contribution in [2.75, 3.05) is 0 Å². The van der Waals surface area contributed by atoms with Crippen molar-refractivity contribution in [3.8, 4) is 23.7 Å². The van der Waals surface area contributed by atoms with Crippen molar-refractivity contribution in [3.63, 3.8) is 0 Å². The first-order valence-electron chi connectivity index (χ1n) is 22.1. The van der Waals surface area contributed by atoms with Crippen LogP contribution in [0.3, 0.4) is 0 Å². The molecular weight excluding hydrogens is 842 g/mol. The van der Waals surface area contributed by atoms with Crippen molar-refractivity contribution in [1.29, 1.82) is 0 Å². The number of rotatable bonds is 12. The third kappa shape index (κ3) is 9.37. The standard InChI is InChI=1S/C58H58Ge2/c1-7-59(8-2,9-3)43-57(47-23-15-13-16-24-47)49-37-31-45(32-38-49)35-41-55-51-27-19-21-29-53(51)56(54-30-22-20-28-52(54)55)42-36-46-33-39-50(40-34-46)58(48-25-17-14-18-26-48)44-60(10-4,11-5)12-6/h13-34,37-40,43-44H,7-12H2,1-6H3/b57-43-,58-44-. The van der Waals surface area contributed by atoms with Crippen molar-refractivity contribution < 1.29 is 0 Å². The van der Waals surface area contributed by atoms with Gasteiger partial charge in [0.1, 0.15) is 0 Å². The van der Waals surface area contributed by atoms with Gasteiger partial charge in [-0.1, -0.05) is 0 Å². The van der Waals surface area contributed by atoms with Crippen molar-refractivity contribution in [3.05, 3.63) is 212 Å². The molecule has 0 bridgehead atoms. The van der Waals surface area contributed by atoms with E-state index >= 15 is 0 Å². The fourth-order valence-corrected chi connectivity index (χ4v) is 21.6. The molecule has 0 fully saturated rings. The monoisotopic (exact) mass is 902 g/mol. The van der Waals surface area contributed by atoms with Gasteiger partial charge in [0.2, 0.25) is 0 Å². The Kier molecular flexibility index (Phi) is 14.2. The van der Waals surface area contributed by atoms with Gasteiger partial charge in [0.15, 0.2) is 0 Å². The summed E-state index contributed by atoms with van der Waals surface area (Å²) >= 11 is -4.25. The van der Waals surface area contributed by atoms with Crippen LogP contribution in [0.5, 0.6) is 0 Å². The quantitative estimate of drug-likeness (QED) is 0.0651. The van der Waals surface area contributed by atoms with Gasteiger partial charge in [0.05, 0.1) is 0 Å². The van der Waals surface area contributed by atoms with E-state index < -0.39 is 26.5 Å². The molecule has 60 heavy (non-hydrogen) atoms. The zero-order valence-corrected chi connectivity index (χ0v) is 40.6. The van der Waals surface area contributed by atoms with Gasteiger partial charge in [-0.25, -0.2) is 0 Å². The summed E-state index contributed by atoms with van der Waals surface area (Å²) < 4.78 is 0. The van der Waals surface area contributed by atoms with Crippen molar-refractivity contribution in [2.24, 2.45) is 0 Å². The Balaban J connectivity index is 1.25. The first-order chi connectivity index (χ1) is 29.4. The Morgan fingerprint density at radius 2 is 0.600 bits per heavy atom. The van der Waals surface area contributed by atoms with Gasteiger partial charge >= 0.3 is 368 Å². The molecule has 0 amide bonds. The Hall–Kier alpha value is -5.25. The summed E-state index contributed by atoms with van der Waals surface area (Å²) in [5, 5.41) is 12.4. The van der Waals surface area contributed by atoms with Gasteiger partial charge in [0, 0.05) is 0 Å². The van der Waals surface area contributed by atoms with Crippen LogP contribution in [0.25, 0.3) is 32.7 Å². The maximum absolute atomic E-state index is 3.65. The van der Waals surface area contributed by atoms with E-state index in [1.807, 2.05) is 0 Å². The molecule has 0 aromatic heterocycles. The molecule has 7 aromatic carbocycles. The number of hydrogen-bond donors (Lipinski definition) is 0. The third-order valence-electron chi connectivity index (χ3n) is 13.3. The number of hydrogen-bond acceptors (Lipinski definition) is 0. The van der Waals surface area contributed by atoms with Gasteiger partial charge in [0.25, 0.3) is 0 Å². The first-order valence-corrected chi connectivity index (χ1v) is 33.5. The summed E-state index contributed by atoms with van der Waals surface area (Å²) in [6.45, 7) is 14.4. The first kappa shape index (κ1) is 42.9. The molecule has 0 nitrogen and oxygen atoms in total. The summed E-state index contributed by atoms with van der Waals surface area (Å²) in [4.78, 5) is 5.43. The molecular formula is C58H58Ge2. The van der Waals surface area contributed by atoms with Crippen LogP contribution in [-0.4, -0.2) is 26.5 Å². The molecule has 0 aliphatic carbocycles. The Morgan fingerprint density at radius 1 is 0.333 bits per heavy atom. The summed E-state index contributed by atoms with van der Waals surface area (Å²) in [5.74, 6) is 14.4. The van der Waals surface area contributed by atoms with Crippen LogP contribution in [0.1, 0.15) is 86.1 Å². The molecule has 0 aliphatic rings. The van der Waals surface area contributed by atoms with Crippen LogP contribution in [-0.2, 0) is 0 Å². The maximum atomic E-state index is 3.65. The van der Waals surface area contributed by atoms with E-state index in [1.54, 1.807) is 0 Å². The van der Waals surface area contributed by atoms with Crippen molar-refractivity contribution in [2.45, 2.75) is 73.1 Å². The van der Waals surface area contributed by atoms with E-state index in [0.717, 1.165) is 43.8 Å². The Bertz CT molecular complexity index is 2470. The van der Waals surface area contributed by atoms with Gasteiger partial charge in [-0.2, -0.15) is 0 Å². The minimum atomic E-state index is -2.13. The summed E-state index contributed by atoms with van der Waals surface area (Å²) in [6.07, 6.45) is 0. The molecule has 0 saturated carbocycles. The van der Waals surface area contributed by atoms with Crippen molar-refractivity contribution >= 4 is 59.2 Å². The van der Waals surface area contributed by atoms with E-state index in [0.29, 0.717) is 0 Å². The fraction of sp³-hybridized carbons (Fsp3) is 0.207. The van der Waals surface area contributed by atoms with Crippen LogP contribution in [0.15, 0.2) is 168 Å². The van der Waals surface area contributed by atoms with E-state index in [9.17, 15) is 0 Å². The molecule has 0 radical (unpaired) electrons. The topological polar surface area (TPSA) is 0 Å². The molecule has 2 heteroatoms. The average molecular weight is 900 g/mol. The molecule has 0 spiro atoms. The predicted octanol–water partition coefficient (Wildman–Crippen LogP) is 15.8. The Morgan fingerprint density at radius 3 is 0.883 bits per heavy atom. The SMILES string of the molecule is C[CH2][Ge](/[CH]=C(/c1ccccc1)c1ccc(C#Cc2c3ccccc3c(C#Cc3ccc(/C(=[CH]\[Ge]([CH2]C)([CH2]C)[CH2]C)c4ccccc4)cc3)c3ccccc23)cc1)([CH2]C)[CH2]C. The second kappa shape index (κ2) is 19.9. The van der Waals surface area contributed by atoms with Crippen LogP contribution in [0, 0.1) is 23.7 Å². The van der Waals surface area contributed by atoms with E-state index in [4.69, 9.17) is 0 Å². The van der Waals surface area contributed by atoms with E-state index in [1.165, 1.54) is 64.9 Å². The van der Waals surface area contributed by atoms with Crippen LogP contribution < -0.4 is 0 Å². The van der Waals surface area contributed by atoms with Crippen LogP contribution in [0.4, 0.5) is 0 Å². The molecule has 0 saturated heterocycles. The second-order valence-electron chi connectivity index (χ2n) is 16.2. The molecule has 298 valence electrons. The molecule has 0 heterocycles. The Labute approximate surface area is 365 Å². The van der Waals surface area contributed by atoms with Crippen LogP contribution in [0.2, 0.25) is 31.5 Å². The zero-order chi connectivity index (χ0) is 42.0. The molecule has 7 aromatic rings. The summed E-state index contributed by atoms with van der Waals surface area (Å²) in [5.41, 5.74) is 12.0. The number of benzene rings is 7.